The van der Waals surface area contributed by atoms with Crippen LogP contribution in [0.1, 0.15) is 12.5 Å². The molecule has 0 aliphatic carbocycles. The number of amides is 1. The first-order chi connectivity index (χ1) is 11.0. The van der Waals surface area contributed by atoms with Crippen molar-refractivity contribution in [1.29, 1.82) is 0 Å². The second kappa shape index (κ2) is 7.94. The van der Waals surface area contributed by atoms with Crippen LogP contribution in [0.25, 0.3) is 0 Å². The van der Waals surface area contributed by atoms with Gasteiger partial charge in [0.05, 0.1) is 22.3 Å². The molecular formula is C16H14Cl2FN3O. The van der Waals surface area contributed by atoms with Gasteiger partial charge in [0, 0.05) is 11.3 Å². The van der Waals surface area contributed by atoms with Crippen molar-refractivity contribution in [3.8, 4) is 0 Å². The lowest BCUT2D eigenvalue weighted by molar-refractivity contribution is -0.119. The van der Waals surface area contributed by atoms with Gasteiger partial charge in [0.2, 0.25) is 0 Å². The molecule has 120 valence electrons. The van der Waals surface area contributed by atoms with Crippen molar-refractivity contribution >= 4 is 40.5 Å². The van der Waals surface area contributed by atoms with Crippen LogP contribution in [0.3, 0.4) is 0 Å². The fourth-order valence-electron chi connectivity index (χ4n) is 1.78. The predicted octanol–water partition coefficient (Wildman–Crippen LogP) is 4.08. The van der Waals surface area contributed by atoms with E-state index in [0.717, 1.165) is 5.69 Å². The third-order valence-electron chi connectivity index (χ3n) is 2.97. The number of halogens is 3. The highest BCUT2D eigenvalue weighted by Crippen LogP contribution is 2.24. The number of nitrogens with zero attached hydrogens (tertiary/aromatic N) is 1. The SMILES string of the molecule is C/C(=N/NC(=O)CNc1ccccc1)c1cc(F)c(Cl)cc1Cl. The Balaban J connectivity index is 1.96. The van der Waals surface area contributed by atoms with Crippen molar-refractivity contribution in [2.75, 3.05) is 11.9 Å². The first-order valence-corrected chi connectivity index (χ1v) is 7.50. The number of benzene rings is 2. The smallest absolute Gasteiger partial charge is 0.259 e. The zero-order valence-corrected chi connectivity index (χ0v) is 13.7. The van der Waals surface area contributed by atoms with Crippen molar-refractivity contribution in [2.45, 2.75) is 6.92 Å². The number of para-hydroxylation sites is 1. The lowest BCUT2D eigenvalue weighted by Crippen LogP contribution is -2.26. The predicted molar refractivity (Wildman–Crippen MR) is 91.7 cm³/mol. The molecule has 0 unspecified atom stereocenters. The summed E-state index contributed by atoms with van der Waals surface area (Å²) in [5, 5.41) is 7.06. The molecule has 0 spiro atoms. The standard InChI is InChI=1S/C16H14Cl2FN3O/c1-10(12-7-15(19)14(18)8-13(12)17)21-22-16(23)9-20-11-5-3-2-4-6-11/h2-8,20H,9H2,1H3,(H,22,23)/b21-10-. The number of carbonyl (C=O) groups is 1. The number of nitrogens with one attached hydrogen (secondary N) is 2. The maximum absolute atomic E-state index is 13.5. The van der Waals surface area contributed by atoms with Crippen LogP contribution >= 0.6 is 23.2 Å². The van der Waals surface area contributed by atoms with E-state index < -0.39 is 5.82 Å². The minimum Gasteiger partial charge on any atom is -0.376 e. The van der Waals surface area contributed by atoms with Gasteiger partial charge in [0.15, 0.2) is 0 Å². The molecule has 4 nitrogen and oxygen atoms in total. The van der Waals surface area contributed by atoms with Gasteiger partial charge in [-0.2, -0.15) is 5.10 Å². The summed E-state index contributed by atoms with van der Waals surface area (Å²) in [4.78, 5) is 11.7. The highest BCUT2D eigenvalue weighted by Gasteiger charge is 2.10. The summed E-state index contributed by atoms with van der Waals surface area (Å²) in [7, 11) is 0. The zero-order chi connectivity index (χ0) is 16.8. The fraction of sp³-hybridized carbons (Fsp3) is 0.125. The Morgan fingerprint density at radius 3 is 2.57 bits per heavy atom. The number of anilines is 1. The summed E-state index contributed by atoms with van der Waals surface area (Å²) in [6.07, 6.45) is 0. The number of hydrogen-bond acceptors (Lipinski definition) is 3. The molecule has 0 saturated carbocycles. The Labute approximate surface area is 143 Å². The van der Waals surface area contributed by atoms with Gasteiger partial charge >= 0.3 is 0 Å². The molecule has 0 atom stereocenters. The maximum atomic E-state index is 13.5. The summed E-state index contributed by atoms with van der Waals surface area (Å²) in [5.41, 5.74) is 3.95. The molecule has 0 aliphatic heterocycles. The van der Waals surface area contributed by atoms with Crippen LogP contribution in [0, 0.1) is 5.82 Å². The molecule has 2 rings (SSSR count). The minimum atomic E-state index is -0.599. The van der Waals surface area contributed by atoms with Gasteiger partial charge < -0.3 is 5.32 Å². The normalized spacial score (nSPS) is 11.2. The lowest BCUT2D eigenvalue weighted by atomic mass is 10.1. The number of rotatable bonds is 5. The third-order valence-corrected chi connectivity index (χ3v) is 3.58. The van der Waals surface area contributed by atoms with E-state index in [-0.39, 0.29) is 22.5 Å². The second-order valence-electron chi connectivity index (χ2n) is 4.70. The lowest BCUT2D eigenvalue weighted by Gasteiger charge is -2.07. The van der Waals surface area contributed by atoms with E-state index in [2.05, 4.69) is 15.8 Å². The van der Waals surface area contributed by atoms with Gasteiger partial charge in [-0.3, -0.25) is 4.79 Å². The Bertz CT molecular complexity index is 736. The molecule has 0 heterocycles. The molecule has 2 aromatic carbocycles. The van der Waals surface area contributed by atoms with Gasteiger partial charge in [-0.25, -0.2) is 9.82 Å². The topological polar surface area (TPSA) is 53.5 Å². The monoisotopic (exact) mass is 353 g/mol. The third kappa shape index (κ3) is 4.94. The highest BCUT2D eigenvalue weighted by molar-refractivity contribution is 6.37. The Morgan fingerprint density at radius 2 is 1.87 bits per heavy atom. The first-order valence-electron chi connectivity index (χ1n) is 6.74. The highest BCUT2D eigenvalue weighted by atomic mass is 35.5. The molecule has 2 N–H and O–H groups in total. The van der Waals surface area contributed by atoms with Gasteiger partial charge in [-0.05, 0) is 31.2 Å². The molecule has 0 aliphatic rings. The van der Waals surface area contributed by atoms with E-state index >= 15 is 0 Å². The van der Waals surface area contributed by atoms with E-state index in [1.54, 1.807) is 6.92 Å². The second-order valence-corrected chi connectivity index (χ2v) is 5.51. The van der Waals surface area contributed by atoms with Crippen molar-refractivity contribution in [2.24, 2.45) is 5.10 Å². The fourth-order valence-corrected chi connectivity index (χ4v) is 2.30. The summed E-state index contributed by atoms with van der Waals surface area (Å²) in [6.45, 7) is 1.67. The molecule has 1 amide bonds. The van der Waals surface area contributed by atoms with E-state index in [1.165, 1.54) is 12.1 Å². The summed E-state index contributed by atoms with van der Waals surface area (Å²) < 4.78 is 13.5. The minimum absolute atomic E-state index is 0.0590. The maximum Gasteiger partial charge on any atom is 0.259 e. The largest absolute Gasteiger partial charge is 0.376 e. The van der Waals surface area contributed by atoms with Crippen molar-refractivity contribution in [3.05, 3.63) is 63.9 Å². The average Bonchev–Trinajstić information content (AvgIpc) is 2.55. The van der Waals surface area contributed by atoms with Crippen LogP contribution in [0.15, 0.2) is 47.6 Å². The van der Waals surface area contributed by atoms with Crippen LogP contribution in [0.4, 0.5) is 10.1 Å². The van der Waals surface area contributed by atoms with Crippen LogP contribution in [0.2, 0.25) is 10.0 Å². The van der Waals surface area contributed by atoms with E-state index in [0.29, 0.717) is 11.3 Å². The Morgan fingerprint density at radius 1 is 1.17 bits per heavy atom. The van der Waals surface area contributed by atoms with Crippen LogP contribution < -0.4 is 10.7 Å². The first kappa shape index (κ1) is 17.2. The number of hydrogen-bond donors (Lipinski definition) is 2. The Hall–Kier alpha value is -2.11. The molecule has 0 bridgehead atoms. The van der Waals surface area contributed by atoms with Crippen molar-refractivity contribution < 1.29 is 9.18 Å². The number of hydrazone groups is 1. The molecule has 0 saturated heterocycles. The zero-order valence-electron chi connectivity index (χ0n) is 12.2. The summed E-state index contributed by atoms with van der Waals surface area (Å²) in [5.74, 6) is -0.934. The molecule has 0 radical (unpaired) electrons. The molecular weight excluding hydrogens is 340 g/mol. The van der Waals surface area contributed by atoms with Crippen molar-refractivity contribution in [1.82, 2.24) is 5.43 Å². The van der Waals surface area contributed by atoms with Crippen molar-refractivity contribution in [3.63, 3.8) is 0 Å². The quantitative estimate of drug-likeness (QED) is 0.483. The van der Waals surface area contributed by atoms with E-state index in [1.807, 2.05) is 30.3 Å². The van der Waals surface area contributed by atoms with Gasteiger partial charge in [0.1, 0.15) is 5.82 Å². The Kier molecular flexibility index (Phi) is 5.96. The van der Waals surface area contributed by atoms with Crippen LogP contribution in [-0.4, -0.2) is 18.2 Å². The van der Waals surface area contributed by atoms with Gasteiger partial charge in [0.25, 0.3) is 5.91 Å². The molecule has 2 aromatic rings. The van der Waals surface area contributed by atoms with E-state index in [4.69, 9.17) is 23.2 Å². The van der Waals surface area contributed by atoms with Gasteiger partial charge in [-0.15, -0.1) is 0 Å². The molecule has 7 heteroatoms. The molecule has 23 heavy (non-hydrogen) atoms. The summed E-state index contributed by atoms with van der Waals surface area (Å²) >= 11 is 11.6. The average molecular weight is 354 g/mol. The van der Waals surface area contributed by atoms with Crippen LogP contribution in [0.5, 0.6) is 0 Å². The van der Waals surface area contributed by atoms with Crippen LogP contribution in [-0.2, 0) is 4.79 Å². The molecule has 0 aromatic heterocycles. The molecule has 0 fully saturated rings. The van der Waals surface area contributed by atoms with E-state index in [9.17, 15) is 9.18 Å². The number of carbonyl (C=O) groups excluding carboxylic acids is 1. The van der Waals surface area contributed by atoms with Gasteiger partial charge in [-0.1, -0.05) is 41.4 Å². The summed E-state index contributed by atoms with van der Waals surface area (Å²) in [6, 6.07) is 11.8.